The highest BCUT2D eigenvalue weighted by Crippen LogP contribution is 2.33. The quantitative estimate of drug-likeness (QED) is 0.856. The van der Waals surface area contributed by atoms with Crippen molar-refractivity contribution in [2.45, 2.75) is 32.3 Å². The Kier molecular flexibility index (Phi) is 3.30. The van der Waals surface area contributed by atoms with Crippen LogP contribution in [0.3, 0.4) is 0 Å². The van der Waals surface area contributed by atoms with Crippen LogP contribution in [-0.2, 0) is 4.79 Å². The average molecular weight is 249 g/mol. The molecule has 1 saturated heterocycles. The molecule has 0 saturated carbocycles. The Morgan fingerprint density at radius 3 is 2.56 bits per heavy atom. The minimum Gasteiger partial charge on any atom is -0.481 e. The number of aryl methyl sites for hydroxylation is 2. The van der Waals surface area contributed by atoms with E-state index in [0.29, 0.717) is 19.5 Å². The molecule has 2 rings (SSSR count). The second-order valence-corrected chi connectivity index (χ2v) is 5.21. The largest absolute Gasteiger partial charge is 0.481 e. The van der Waals surface area contributed by atoms with E-state index < -0.39 is 11.6 Å². The number of hydrogen-bond acceptors (Lipinski definition) is 3. The fourth-order valence-electron chi connectivity index (χ4n) is 2.78. The van der Waals surface area contributed by atoms with Gasteiger partial charge in [0, 0.05) is 18.8 Å². The van der Waals surface area contributed by atoms with Crippen LogP contribution in [0.15, 0.2) is 18.2 Å². The molecule has 1 heterocycles. The Balaban J connectivity index is 2.21. The number of benzene rings is 1. The average Bonchev–Trinajstić information content (AvgIpc) is 2.59. The van der Waals surface area contributed by atoms with E-state index in [0.717, 1.165) is 16.8 Å². The summed E-state index contributed by atoms with van der Waals surface area (Å²) in [7, 11) is 0. The van der Waals surface area contributed by atoms with Crippen LogP contribution in [0.25, 0.3) is 0 Å². The van der Waals surface area contributed by atoms with Crippen molar-refractivity contribution < 1.29 is 15.0 Å². The summed E-state index contributed by atoms with van der Waals surface area (Å²) >= 11 is 0. The predicted octanol–water partition coefficient (Wildman–Crippen LogP) is 1.72. The van der Waals surface area contributed by atoms with Crippen molar-refractivity contribution in [1.82, 2.24) is 0 Å². The molecule has 0 bridgehead atoms. The Bertz CT molecular complexity index is 452. The van der Waals surface area contributed by atoms with Crippen molar-refractivity contribution in [3.63, 3.8) is 0 Å². The predicted molar refractivity (Wildman–Crippen MR) is 69.9 cm³/mol. The third-order valence-corrected chi connectivity index (χ3v) is 3.57. The van der Waals surface area contributed by atoms with Gasteiger partial charge in [0.2, 0.25) is 0 Å². The van der Waals surface area contributed by atoms with Gasteiger partial charge in [0.1, 0.15) is 0 Å². The first-order valence-electron chi connectivity index (χ1n) is 6.17. The zero-order chi connectivity index (χ0) is 13.3. The van der Waals surface area contributed by atoms with E-state index in [9.17, 15) is 9.90 Å². The number of anilines is 1. The number of carbonyl (C=O) groups is 1. The molecule has 1 aliphatic heterocycles. The second kappa shape index (κ2) is 4.61. The molecule has 1 aliphatic rings. The Labute approximate surface area is 107 Å². The number of carboxylic acids is 1. The van der Waals surface area contributed by atoms with Crippen LogP contribution >= 0.6 is 0 Å². The Hall–Kier alpha value is -1.55. The summed E-state index contributed by atoms with van der Waals surface area (Å²) in [6.45, 7) is 5.17. The van der Waals surface area contributed by atoms with Gasteiger partial charge in [-0.05, 0) is 31.4 Å². The molecule has 1 aromatic carbocycles. The molecule has 0 aromatic heterocycles. The minimum absolute atomic E-state index is 0.186. The molecule has 1 atom stereocenters. The van der Waals surface area contributed by atoms with E-state index >= 15 is 0 Å². The van der Waals surface area contributed by atoms with Crippen LogP contribution < -0.4 is 4.90 Å². The summed E-state index contributed by atoms with van der Waals surface area (Å²) in [5, 5.41) is 19.1. The molecule has 98 valence electrons. The maximum atomic E-state index is 10.8. The highest BCUT2D eigenvalue weighted by molar-refractivity contribution is 5.69. The van der Waals surface area contributed by atoms with Crippen LogP contribution in [-0.4, -0.2) is 34.9 Å². The fraction of sp³-hybridized carbons (Fsp3) is 0.500. The van der Waals surface area contributed by atoms with Crippen LogP contribution in [0, 0.1) is 13.8 Å². The van der Waals surface area contributed by atoms with E-state index in [1.807, 2.05) is 32.0 Å². The van der Waals surface area contributed by atoms with Gasteiger partial charge in [-0.25, -0.2) is 0 Å². The number of hydrogen-bond donors (Lipinski definition) is 2. The lowest BCUT2D eigenvalue weighted by Gasteiger charge is -2.25. The zero-order valence-electron chi connectivity index (χ0n) is 10.8. The van der Waals surface area contributed by atoms with Crippen LogP contribution in [0.2, 0.25) is 0 Å². The number of rotatable bonds is 3. The van der Waals surface area contributed by atoms with Gasteiger partial charge in [0.15, 0.2) is 0 Å². The highest BCUT2D eigenvalue weighted by atomic mass is 16.4. The molecule has 0 spiro atoms. The highest BCUT2D eigenvalue weighted by Gasteiger charge is 2.38. The van der Waals surface area contributed by atoms with Crippen molar-refractivity contribution in [2.24, 2.45) is 0 Å². The smallest absolute Gasteiger partial charge is 0.306 e. The van der Waals surface area contributed by atoms with Crippen molar-refractivity contribution in [3.8, 4) is 0 Å². The van der Waals surface area contributed by atoms with Crippen LogP contribution in [0.5, 0.6) is 0 Å². The molecule has 4 nitrogen and oxygen atoms in total. The summed E-state index contributed by atoms with van der Waals surface area (Å²) in [4.78, 5) is 12.8. The Morgan fingerprint density at radius 2 is 2.00 bits per heavy atom. The number of aliphatic hydroxyl groups is 1. The number of aliphatic carboxylic acids is 1. The molecule has 0 amide bonds. The monoisotopic (exact) mass is 249 g/mol. The number of β-amino-alcohol motifs (C(OH)–C–C–N with tert-alkyl or cyclic N) is 1. The lowest BCUT2D eigenvalue weighted by molar-refractivity contribution is -0.141. The summed E-state index contributed by atoms with van der Waals surface area (Å²) in [5.41, 5.74) is 2.35. The van der Waals surface area contributed by atoms with Crippen LogP contribution in [0.4, 0.5) is 5.69 Å². The van der Waals surface area contributed by atoms with Gasteiger partial charge in [-0.1, -0.05) is 18.2 Å². The van der Waals surface area contributed by atoms with E-state index in [1.54, 1.807) is 0 Å². The number of nitrogens with zero attached hydrogens (tertiary/aromatic N) is 1. The SMILES string of the molecule is Cc1cccc(C)c1N1CCC(O)(CC(=O)O)C1. The topological polar surface area (TPSA) is 60.8 Å². The molecule has 1 unspecified atom stereocenters. The van der Waals surface area contributed by atoms with Crippen molar-refractivity contribution >= 4 is 11.7 Å². The fourth-order valence-corrected chi connectivity index (χ4v) is 2.78. The van der Waals surface area contributed by atoms with Crippen molar-refractivity contribution in [2.75, 3.05) is 18.0 Å². The molecule has 18 heavy (non-hydrogen) atoms. The summed E-state index contributed by atoms with van der Waals surface area (Å²) in [6, 6.07) is 6.08. The van der Waals surface area contributed by atoms with E-state index in [1.165, 1.54) is 0 Å². The van der Waals surface area contributed by atoms with Gasteiger partial charge in [-0.15, -0.1) is 0 Å². The first kappa shape index (κ1) is 12.9. The normalized spacial score (nSPS) is 23.4. The second-order valence-electron chi connectivity index (χ2n) is 5.21. The van der Waals surface area contributed by atoms with Crippen molar-refractivity contribution in [1.29, 1.82) is 0 Å². The molecule has 0 aliphatic carbocycles. The molecule has 1 aromatic rings. The first-order chi connectivity index (χ1) is 8.41. The standard InChI is InChI=1S/C14H19NO3/c1-10-4-3-5-11(2)13(10)15-7-6-14(18,9-15)8-12(16)17/h3-5,18H,6-9H2,1-2H3,(H,16,17). The number of para-hydroxylation sites is 1. The molecule has 0 radical (unpaired) electrons. The third kappa shape index (κ3) is 2.48. The maximum absolute atomic E-state index is 10.8. The van der Waals surface area contributed by atoms with Gasteiger partial charge in [-0.2, -0.15) is 0 Å². The number of carboxylic acid groups (broad SMARTS) is 1. The Morgan fingerprint density at radius 1 is 1.39 bits per heavy atom. The van der Waals surface area contributed by atoms with E-state index in [-0.39, 0.29) is 6.42 Å². The van der Waals surface area contributed by atoms with Gasteiger partial charge in [0.25, 0.3) is 0 Å². The first-order valence-corrected chi connectivity index (χ1v) is 6.17. The molecular formula is C14H19NO3. The zero-order valence-corrected chi connectivity index (χ0v) is 10.8. The van der Waals surface area contributed by atoms with Gasteiger partial charge in [0.05, 0.1) is 12.0 Å². The molecular weight excluding hydrogens is 230 g/mol. The maximum Gasteiger partial charge on any atom is 0.306 e. The summed E-state index contributed by atoms with van der Waals surface area (Å²) in [5.74, 6) is -0.944. The molecule has 2 N–H and O–H groups in total. The lowest BCUT2D eigenvalue weighted by atomic mass is 9.99. The van der Waals surface area contributed by atoms with Gasteiger partial charge in [-0.3, -0.25) is 4.79 Å². The van der Waals surface area contributed by atoms with Gasteiger partial charge >= 0.3 is 5.97 Å². The third-order valence-electron chi connectivity index (χ3n) is 3.57. The van der Waals surface area contributed by atoms with Crippen LogP contribution in [0.1, 0.15) is 24.0 Å². The minimum atomic E-state index is -1.10. The summed E-state index contributed by atoms with van der Waals surface area (Å²) < 4.78 is 0. The van der Waals surface area contributed by atoms with E-state index in [2.05, 4.69) is 4.90 Å². The summed E-state index contributed by atoms with van der Waals surface area (Å²) in [6.07, 6.45) is 0.321. The lowest BCUT2D eigenvalue weighted by Crippen LogP contribution is -2.35. The molecule has 1 fully saturated rings. The van der Waals surface area contributed by atoms with Gasteiger partial charge < -0.3 is 15.1 Å². The molecule has 4 heteroatoms. The van der Waals surface area contributed by atoms with E-state index in [4.69, 9.17) is 5.11 Å². The van der Waals surface area contributed by atoms with Crippen molar-refractivity contribution in [3.05, 3.63) is 29.3 Å².